The molecule has 25 heavy (non-hydrogen) atoms. The van der Waals surface area contributed by atoms with Crippen LogP contribution in [0, 0.1) is 29.6 Å². The highest BCUT2D eigenvalue weighted by atomic mass is 15.1. The Labute approximate surface area is 156 Å². The van der Waals surface area contributed by atoms with Crippen LogP contribution < -0.4 is 0 Å². The van der Waals surface area contributed by atoms with E-state index in [9.17, 15) is 0 Å². The standard InChI is InChI=1S/C24H41N/c1-3-5-20-8-12-23(13-9-20)24-14-10-21(11-15-24)6-7-22-16-18-25(4-2)19-17-22/h4,6-7,20-24H,2-3,5,8-19H2,1H3/b7-6+. The Balaban J connectivity index is 1.35. The lowest BCUT2D eigenvalue weighted by Gasteiger charge is -2.37. The van der Waals surface area contributed by atoms with Crippen molar-refractivity contribution in [2.24, 2.45) is 29.6 Å². The summed E-state index contributed by atoms with van der Waals surface area (Å²) in [6.45, 7) is 8.65. The van der Waals surface area contributed by atoms with Crippen LogP contribution in [-0.2, 0) is 0 Å². The van der Waals surface area contributed by atoms with E-state index >= 15 is 0 Å². The summed E-state index contributed by atoms with van der Waals surface area (Å²) in [4.78, 5) is 2.37. The lowest BCUT2D eigenvalue weighted by atomic mass is 9.68. The zero-order chi connectivity index (χ0) is 17.5. The van der Waals surface area contributed by atoms with Crippen LogP contribution in [0.2, 0.25) is 0 Å². The molecule has 0 bridgehead atoms. The van der Waals surface area contributed by atoms with E-state index < -0.39 is 0 Å². The van der Waals surface area contributed by atoms with Crippen LogP contribution in [0.4, 0.5) is 0 Å². The highest BCUT2D eigenvalue weighted by Crippen LogP contribution is 2.42. The summed E-state index contributed by atoms with van der Waals surface area (Å²) in [6.07, 6.45) is 24.8. The number of likely N-dealkylation sites (tertiary alicyclic amines) is 1. The highest BCUT2D eigenvalue weighted by Gasteiger charge is 2.30. The number of hydrogen-bond acceptors (Lipinski definition) is 1. The molecule has 0 spiro atoms. The Morgan fingerprint density at radius 3 is 1.80 bits per heavy atom. The maximum Gasteiger partial charge on any atom is 0.0177 e. The van der Waals surface area contributed by atoms with Crippen molar-refractivity contribution >= 4 is 0 Å². The number of nitrogens with zero attached hydrogens (tertiary/aromatic N) is 1. The molecule has 0 aromatic heterocycles. The molecule has 2 saturated carbocycles. The van der Waals surface area contributed by atoms with Gasteiger partial charge in [-0.15, -0.1) is 0 Å². The van der Waals surface area contributed by atoms with Crippen molar-refractivity contribution in [3.05, 3.63) is 24.9 Å². The summed E-state index contributed by atoms with van der Waals surface area (Å²) in [6, 6.07) is 0. The Bertz CT molecular complexity index is 402. The van der Waals surface area contributed by atoms with Gasteiger partial charge in [-0.1, -0.05) is 51.3 Å². The predicted octanol–water partition coefficient (Wildman–Crippen LogP) is 6.81. The molecule has 0 N–H and O–H groups in total. The van der Waals surface area contributed by atoms with E-state index in [-0.39, 0.29) is 0 Å². The summed E-state index contributed by atoms with van der Waals surface area (Å²) >= 11 is 0. The van der Waals surface area contributed by atoms with Crippen molar-refractivity contribution in [3.8, 4) is 0 Å². The minimum atomic E-state index is 0.822. The summed E-state index contributed by atoms with van der Waals surface area (Å²) in [5.74, 6) is 4.89. The largest absolute Gasteiger partial charge is 0.378 e. The minimum absolute atomic E-state index is 0.822. The monoisotopic (exact) mass is 343 g/mol. The van der Waals surface area contributed by atoms with Gasteiger partial charge in [-0.05, 0) is 87.2 Å². The third-order valence-electron chi connectivity index (χ3n) is 7.56. The minimum Gasteiger partial charge on any atom is -0.378 e. The number of rotatable bonds is 6. The maximum atomic E-state index is 3.90. The first kappa shape index (κ1) is 19.1. The molecule has 142 valence electrons. The van der Waals surface area contributed by atoms with Gasteiger partial charge in [0.25, 0.3) is 0 Å². The van der Waals surface area contributed by atoms with E-state index in [1.807, 2.05) is 6.20 Å². The van der Waals surface area contributed by atoms with E-state index in [1.165, 1.54) is 90.1 Å². The quantitative estimate of drug-likeness (QED) is 0.479. The van der Waals surface area contributed by atoms with E-state index in [0.717, 1.165) is 29.6 Å². The molecule has 1 heteroatoms. The van der Waals surface area contributed by atoms with Crippen LogP contribution in [0.1, 0.15) is 84.0 Å². The number of piperidine rings is 1. The van der Waals surface area contributed by atoms with E-state index in [0.29, 0.717) is 0 Å². The van der Waals surface area contributed by atoms with Gasteiger partial charge in [0.1, 0.15) is 0 Å². The molecule has 3 fully saturated rings. The second-order valence-electron chi connectivity index (χ2n) is 9.19. The van der Waals surface area contributed by atoms with Crippen LogP contribution in [0.5, 0.6) is 0 Å². The van der Waals surface area contributed by atoms with Gasteiger partial charge < -0.3 is 4.90 Å². The van der Waals surface area contributed by atoms with Crippen LogP contribution >= 0.6 is 0 Å². The molecule has 0 radical (unpaired) electrons. The predicted molar refractivity (Wildman–Crippen MR) is 109 cm³/mol. The topological polar surface area (TPSA) is 3.24 Å². The molecule has 3 aliphatic rings. The fraction of sp³-hybridized carbons (Fsp3) is 0.833. The van der Waals surface area contributed by atoms with Gasteiger partial charge in [0.2, 0.25) is 0 Å². The zero-order valence-electron chi connectivity index (χ0n) is 16.7. The molecule has 0 atom stereocenters. The Morgan fingerprint density at radius 2 is 1.28 bits per heavy atom. The van der Waals surface area contributed by atoms with Crippen molar-refractivity contribution < 1.29 is 0 Å². The molecule has 3 rings (SSSR count). The first-order valence-electron chi connectivity index (χ1n) is 11.3. The third kappa shape index (κ3) is 5.63. The van der Waals surface area contributed by atoms with E-state index in [4.69, 9.17) is 0 Å². The van der Waals surface area contributed by atoms with Crippen molar-refractivity contribution in [1.82, 2.24) is 4.90 Å². The normalized spacial score (nSPS) is 35.2. The van der Waals surface area contributed by atoms with Gasteiger partial charge >= 0.3 is 0 Å². The maximum absolute atomic E-state index is 3.90. The van der Waals surface area contributed by atoms with E-state index in [1.54, 1.807) is 0 Å². The first-order chi connectivity index (χ1) is 12.3. The lowest BCUT2D eigenvalue weighted by Crippen LogP contribution is -2.28. The molecular weight excluding hydrogens is 302 g/mol. The summed E-state index contributed by atoms with van der Waals surface area (Å²) in [5.41, 5.74) is 0. The summed E-state index contributed by atoms with van der Waals surface area (Å²) in [7, 11) is 0. The van der Waals surface area contributed by atoms with Crippen molar-refractivity contribution in [2.75, 3.05) is 13.1 Å². The number of hydrogen-bond donors (Lipinski definition) is 0. The molecule has 2 aliphatic carbocycles. The summed E-state index contributed by atoms with van der Waals surface area (Å²) in [5, 5.41) is 0. The van der Waals surface area contributed by atoms with Gasteiger partial charge in [-0.25, -0.2) is 0 Å². The van der Waals surface area contributed by atoms with Gasteiger partial charge in [0.15, 0.2) is 0 Å². The second kappa shape index (κ2) is 9.83. The van der Waals surface area contributed by atoms with Gasteiger partial charge in [0, 0.05) is 13.1 Å². The average molecular weight is 344 g/mol. The van der Waals surface area contributed by atoms with Gasteiger partial charge in [-0.3, -0.25) is 0 Å². The van der Waals surface area contributed by atoms with Crippen molar-refractivity contribution in [3.63, 3.8) is 0 Å². The van der Waals surface area contributed by atoms with Crippen LogP contribution in [0.15, 0.2) is 24.9 Å². The molecular formula is C24H41N. The van der Waals surface area contributed by atoms with Crippen LogP contribution in [0.25, 0.3) is 0 Å². The number of allylic oxidation sites excluding steroid dienone is 2. The Hall–Kier alpha value is -0.720. The van der Waals surface area contributed by atoms with Crippen LogP contribution in [0.3, 0.4) is 0 Å². The molecule has 1 heterocycles. The van der Waals surface area contributed by atoms with E-state index in [2.05, 4.69) is 30.6 Å². The SMILES string of the molecule is C=CN1CCC(/C=C/C2CCC(C3CCC(CCC)CC3)CC2)CC1. The summed E-state index contributed by atoms with van der Waals surface area (Å²) < 4.78 is 0. The lowest BCUT2D eigenvalue weighted by molar-refractivity contribution is 0.152. The zero-order valence-corrected chi connectivity index (χ0v) is 16.7. The van der Waals surface area contributed by atoms with Gasteiger partial charge in [-0.2, -0.15) is 0 Å². The molecule has 0 aromatic carbocycles. The van der Waals surface area contributed by atoms with Gasteiger partial charge in [0.05, 0.1) is 0 Å². The Morgan fingerprint density at radius 1 is 0.760 bits per heavy atom. The highest BCUT2D eigenvalue weighted by molar-refractivity contribution is 4.97. The molecule has 0 unspecified atom stereocenters. The third-order valence-corrected chi connectivity index (χ3v) is 7.56. The van der Waals surface area contributed by atoms with Crippen molar-refractivity contribution in [2.45, 2.75) is 84.0 Å². The fourth-order valence-corrected chi connectivity index (χ4v) is 5.77. The van der Waals surface area contributed by atoms with Crippen molar-refractivity contribution in [1.29, 1.82) is 0 Å². The Kier molecular flexibility index (Phi) is 7.49. The molecule has 1 aliphatic heterocycles. The first-order valence-corrected chi connectivity index (χ1v) is 11.3. The fourth-order valence-electron chi connectivity index (χ4n) is 5.77. The molecule has 0 amide bonds. The molecule has 1 saturated heterocycles. The average Bonchev–Trinajstić information content (AvgIpc) is 2.68. The molecule has 0 aromatic rings. The molecule has 1 nitrogen and oxygen atoms in total. The second-order valence-corrected chi connectivity index (χ2v) is 9.19. The van der Waals surface area contributed by atoms with Crippen LogP contribution in [-0.4, -0.2) is 18.0 Å². The smallest absolute Gasteiger partial charge is 0.0177 e.